The van der Waals surface area contributed by atoms with E-state index < -0.39 is 10.0 Å². The number of anilines is 1. The van der Waals surface area contributed by atoms with Gasteiger partial charge in [-0.15, -0.1) is 0 Å². The molecule has 5 heteroatoms. The molecule has 0 aliphatic rings. The monoisotopic (exact) mass is 300 g/mol. The normalized spacial score (nSPS) is 11.1. The van der Waals surface area contributed by atoms with Gasteiger partial charge in [0.1, 0.15) is 0 Å². The van der Waals surface area contributed by atoms with Crippen molar-refractivity contribution in [1.29, 1.82) is 5.26 Å². The van der Waals surface area contributed by atoms with Gasteiger partial charge in [0.15, 0.2) is 0 Å². The topological polar surface area (TPSA) is 61.2 Å². The van der Waals surface area contributed by atoms with Crippen molar-refractivity contribution >= 4 is 15.7 Å². The minimum absolute atomic E-state index is 0.124. The summed E-state index contributed by atoms with van der Waals surface area (Å²) in [5.41, 5.74) is 0.933. The molecule has 0 aliphatic heterocycles. The zero-order chi connectivity index (χ0) is 15.5. The van der Waals surface area contributed by atoms with Crippen molar-refractivity contribution in [2.75, 3.05) is 4.31 Å². The van der Waals surface area contributed by atoms with Crippen molar-refractivity contribution in [2.24, 2.45) is 0 Å². The van der Waals surface area contributed by atoms with Crippen molar-refractivity contribution in [3.63, 3.8) is 0 Å². The van der Waals surface area contributed by atoms with E-state index in [0.717, 1.165) is 0 Å². The molecule has 0 saturated heterocycles. The second kappa shape index (κ2) is 5.98. The highest BCUT2D eigenvalue weighted by Crippen LogP contribution is 2.26. The number of rotatable bonds is 4. The van der Waals surface area contributed by atoms with Crippen molar-refractivity contribution < 1.29 is 8.42 Å². The summed E-state index contributed by atoms with van der Waals surface area (Å²) in [7, 11) is -3.70. The average molecular weight is 300 g/mol. The first-order valence-electron chi connectivity index (χ1n) is 6.56. The number of nitriles is 1. The van der Waals surface area contributed by atoms with Crippen LogP contribution in [0.1, 0.15) is 19.4 Å². The summed E-state index contributed by atoms with van der Waals surface area (Å²) in [6.07, 6.45) is 0. The highest BCUT2D eigenvalue weighted by Gasteiger charge is 2.27. The van der Waals surface area contributed by atoms with Crippen LogP contribution in [-0.2, 0) is 10.0 Å². The average Bonchev–Trinajstić information content (AvgIpc) is 2.48. The first-order chi connectivity index (χ1) is 9.96. The number of benzene rings is 2. The molecule has 21 heavy (non-hydrogen) atoms. The highest BCUT2D eigenvalue weighted by atomic mass is 32.2. The van der Waals surface area contributed by atoms with Crippen LogP contribution in [0.5, 0.6) is 0 Å². The fraction of sp³-hybridized carbons (Fsp3) is 0.188. The lowest BCUT2D eigenvalue weighted by atomic mass is 10.2. The van der Waals surface area contributed by atoms with Gasteiger partial charge in [-0.3, -0.25) is 4.31 Å². The maximum absolute atomic E-state index is 12.9. The van der Waals surface area contributed by atoms with Crippen LogP contribution in [-0.4, -0.2) is 14.5 Å². The van der Waals surface area contributed by atoms with E-state index in [-0.39, 0.29) is 10.9 Å². The SMILES string of the molecule is CC(C)N(c1ccccc1)S(=O)(=O)c1cccc(C#N)c1. The second-order valence-corrected chi connectivity index (χ2v) is 6.68. The van der Waals surface area contributed by atoms with E-state index in [2.05, 4.69) is 0 Å². The zero-order valence-corrected chi connectivity index (χ0v) is 12.7. The Morgan fingerprint density at radius 1 is 1.05 bits per heavy atom. The number of para-hydroxylation sites is 1. The number of sulfonamides is 1. The largest absolute Gasteiger partial charge is 0.264 e. The Morgan fingerprint density at radius 2 is 1.71 bits per heavy atom. The van der Waals surface area contributed by atoms with Crippen LogP contribution >= 0.6 is 0 Å². The number of hydrogen-bond acceptors (Lipinski definition) is 3. The Balaban J connectivity index is 2.56. The third-order valence-electron chi connectivity index (χ3n) is 3.00. The molecule has 0 aliphatic carbocycles. The summed E-state index contributed by atoms with van der Waals surface area (Å²) in [6, 6.07) is 16.7. The van der Waals surface area contributed by atoms with Crippen LogP contribution in [0.15, 0.2) is 59.5 Å². The van der Waals surface area contributed by atoms with Crippen molar-refractivity contribution in [3.8, 4) is 6.07 Å². The second-order valence-electron chi connectivity index (χ2n) is 4.87. The van der Waals surface area contributed by atoms with Crippen LogP contribution in [0.2, 0.25) is 0 Å². The summed E-state index contributed by atoms with van der Waals surface area (Å²) in [5.74, 6) is 0. The van der Waals surface area contributed by atoms with Crippen LogP contribution in [0.4, 0.5) is 5.69 Å². The molecule has 0 saturated carbocycles. The molecule has 0 amide bonds. The Kier molecular flexibility index (Phi) is 4.29. The fourth-order valence-corrected chi connectivity index (χ4v) is 3.84. The van der Waals surface area contributed by atoms with Gasteiger partial charge in [0.2, 0.25) is 0 Å². The van der Waals surface area contributed by atoms with Gasteiger partial charge in [-0.2, -0.15) is 5.26 Å². The van der Waals surface area contributed by atoms with Crippen molar-refractivity contribution in [1.82, 2.24) is 0 Å². The van der Waals surface area contributed by atoms with E-state index in [1.54, 1.807) is 36.4 Å². The Hall–Kier alpha value is -2.32. The van der Waals surface area contributed by atoms with Crippen molar-refractivity contribution in [2.45, 2.75) is 24.8 Å². The first kappa shape index (κ1) is 15.1. The van der Waals surface area contributed by atoms with E-state index >= 15 is 0 Å². The van der Waals surface area contributed by atoms with Gasteiger partial charge in [0.05, 0.1) is 22.2 Å². The summed E-state index contributed by atoms with van der Waals surface area (Å²) in [4.78, 5) is 0.124. The molecule has 0 bridgehead atoms. The van der Waals surface area contributed by atoms with Gasteiger partial charge < -0.3 is 0 Å². The third-order valence-corrected chi connectivity index (χ3v) is 5.00. The van der Waals surface area contributed by atoms with Crippen LogP contribution in [0.3, 0.4) is 0 Å². The molecule has 4 nitrogen and oxygen atoms in total. The summed E-state index contributed by atoms with van der Waals surface area (Å²) < 4.78 is 27.1. The lowest BCUT2D eigenvalue weighted by Gasteiger charge is -2.28. The Bertz CT molecular complexity index is 762. The Morgan fingerprint density at radius 3 is 2.29 bits per heavy atom. The molecule has 0 aromatic heterocycles. The summed E-state index contributed by atoms with van der Waals surface area (Å²) >= 11 is 0. The van der Waals surface area contributed by atoms with Gasteiger partial charge in [0.25, 0.3) is 10.0 Å². The molecule has 2 aromatic carbocycles. The van der Waals surface area contributed by atoms with Gasteiger partial charge in [0, 0.05) is 6.04 Å². The molecule has 0 fully saturated rings. The maximum atomic E-state index is 12.9. The number of hydrogen-bond donors (Lipinski definition) is 0. The molecule has 0 unspecified atom stereocenters. The fourth-order valence-electron chi connectivity index (χ4n) is 2.13. The van der Waals surface area contributed by atoms with Gasteiger partial charge in [-0.1, -0.05) is 24.3 Å². The smallest absolute Gasteiger partial charge is 0.264 e. The molecule has 0 N–H and O–H groups in total. The molecular weight excluding hydrogens is 284 g/mol. The van der Waals surface area contributed by atoms with E-state index in [0.29, 0.717) is 11.3 Å². The molecule has 0 heterocycles. The first-order valence-corrected chi connectivity index (χ1v) is 8.00. The van der Waals surface area contributed by atoms with E-state index in [4.69, 9.17) is 5.26 Å². The molecule has 0 radical (unpaired) electrons. The van der Waals surface area contributed by atoms with Crippen molar-refractivity contribution in [3.05, 3.63) is 60.2 Å². The van der Waals surface area contributed by atoms with E-state index in [1.807, 2.05) is 26.0 Å². The van der Waals surface area contributed by atoms with Crippen LogP contribution in [0.25, 0.3) is 0 Å². The molecule has 0 atom stereocenters. The molecule has 0 spiro atoms. The molecular formula is C16H16N2O2S. The maximum Gasteiger partial charge on any atom is 0.264 e. The van der Waals surface area contributed by atoms with Crippen LogP contribution in [0, 0.1) is 11.3 Å². The lowest BCUT2D eigenvalue weighted by molar-refractivity contribution is 0.584. The highest BCUT2D eigenvalue weighted by molar-refractivity contribution is 7.92. The van der Waals surface area contributed by atoms with Gasteiger partial charge >= 0.3 is 0 Å². The van der Waals surface area contributed by atoms with Gasteiger partial charge in [-0.05, 0) is 44.2 Å². The quantitative estimate of drug-likeness (QED) is 0.871. The van der Waals surface area contributed by atoms with Crippen LogP contribution < -0.4 is 4.31 Å². The molecule has 2 aromatic rings. The minimum atomic E-state index is -3.70. The summed E-state index contributed by atoms with van der Waals surface area (Å²) in [5, 5.41) is 8.93. The zero-order valence-electron chi connectivity index (χ0n) is 11.9. The van der Waals surface area contributed by atoms with E-state index in [1.165, 1.54) is 16.4 Å². The van der Waals surface area contributed by atoms with E-state index in [9.17, 15) is 8.42 Å². The lowest BCUT2D eigenvalue weighted by Crippen LogP contribution is -2.37. The predicted molar refractivity (Wildman–Crippen MR) is 82.4 cm³/mol. The predicted octanol–water partition coefficient (Wildman–Crippen LogP) is 3.16. The standard InChI is InChI=1S/C16H16N2O2S/c1-13(2)18(15-8-4-3-5-9-15)21(19,20)16-10-6-7-14(11-16)12-17/h3-11,13H,1-2H3. The minimum Gasteiger partial charge on any atom is -0.264 e. The number of nitrogens with zero attached hydrogens (tertiary/aromatic N) is 2. The molecule has 2 rings (SSSR count). The van der Waals surface area contributed by atoms with Gasteiger partial charge in [-0.25, -0.2) is 8.42 Å². The Labute approximate surface area is 125 Å². The molecule has 108 valence electrons. The third kappa shape index (κ3) is 3.06. The summed E-state index contributed by atoms with van der Waals surface area (Å²) in [6.45, 7) is 3.64.